The average molecular weight is 580 g/mol. The Morgan fingerprint density at radius 1 is 0.378 bits per heavy atom. The van der Waals surface area contributed by atoms with Gasteiger partial charge in [-0.05, 0) is 86.5 Å². The predicted octanol–water partition coefficient (Wildman–Crippen LogP) is 12.7. The summed E-state index contributed by atoms with van der Waals surface area (Å²) in [7, 11) is 0. The molecule has 1 heterocycles. The van der Waals surface area contributed by atoms with Gasteiger partial charge in [0, 0.05) is 16.5 Å². The molecule has 7 rings (SSSR count). The van der Waals surface area contributed by atoms with Gasteiger partial charge in [0.15, 0.2) is 0 Å². The molecule has 0 radical (unpaired) electrons. The summed E-state index contributed by atoms with van der Waals surface area (Å²) in [6.07, 6.45) is 5.63. The first-order chi connectivity index (χ1) is 22.1. The quantitative estimate of drug-likeness (QED) is 0.177. The Hall–Kier alpha value is -5.66. The summed E-state index contributed by atoms with van der Waals surface area (Å²) in [6, 6.07) is 48.2. The zero-order valence-electron chi connectivity index (χ0n) is 26.0. The molecule has 0 saturated heterocycles. The fourth-order valence-corrected chi connectivity index (χ4v) is 5.90. The van der Waals surface area contributed by atoms with Gasteiger partial charge in [-0.2, -0.15) is 0 Å². The van der Waals surface area contributed by atoms with E-state index in [2.05, 4.69) is 158 Å². The minimum Gasteiger partial charge on any atom is -0.309 e. The molecule has 1 heteroatoms. The van der Waals surface area contributed by atoms with Crippen LogP contribution in [-0.4, -0.2) is 4.57 Å². The zero-order valence-corrected chi connectivity index (χ0v) is 26.0. The lowest BCUT2D eigenvalue weighted by Gasteiger charge is -2.10. The van der Waals surface area contributed by atoms with Crippen LogP contribution in [0.1, 0.15) is 30.5 Å². The molecule has 0 unspecified atom stereocenters. The molecule has 0 aliphatic rings. The maximum atomic E-state index is 3.90. The molecule has 1 aromatic heterocycles. The van der Waals surface area contributed by atoms with Crippen molar-refractivity contribution in [1.29, 1.82) is 0 Å². The van der Waals surface area contributed by atoms with Gasteiger partial charge in [0.25, 0.3) is 0 Å². The van der Waals surface area contributed by atoms with E-state index in [1.165, 1.54) is 55.2 Å². The van der Waals surface area contributed by atoms with Crippen molar-refractivity contribution in [2.24, 2.45) is 0 Å². The molecule has 0 atom stereocenters. The minimum absolute atomic E-state index is 1.12. The normalized spacial score (nSPS) is 10.7. The van der Waals surface area contributed by atoms with E-state index in [0.717, 1.165) is 22.4 Å². The lowest BCUT2D eigenvalue weighted by Crippen LogP contribution is -1.94. The SMILES string of the molecule is C=Cc1ccc(-c2ccc(-n3c4ccc(-c5ccc(C=C)cc5)cc4c4cc(-c5ccc(C=C)cc5)ccc43)cc2)cc1.CC. The summed E-state index contributed by atoms with van der Waals surface area (Å²) in [5, 5.41) is 2.46. The van der Waals surface area contributed by atoms with E-state index in [0.29, 0.717) is 0 Å². The van der Waals surface area contributed by atoms with Crippen molar-refractivity contribution >= 4 is 40.0 Å². The molecule has 0 amide bonds. The fourth-order valence-electron chi connectivity index (χ4n) is 5.90. The van der Waals surface area contributed by atoms with Crippen LogP contribution in [0.4, 0.5) is 0 Å². The van der Waals surface area contributed by atoms with E-state index in [4.69, 9.17) is 0 Å². The number of rotatable bonds is 7. The Balaban J connectivity index is 0.00000175. The van der Waals surface area contributed by atoms with Gasteiger partial charge in [0.05, 0.1) is 11.0 Å². The molecule has 218 valence electrons. The lowest BCUT2D eigenvalue weighted by molar-refractivity contribution is 1.18. The summed E-state index contributed by atoms with van der Waals surface area (Å²) in [4.78, 5) is 0. The second kappa shape index (κ2) is 12.9. The molecule has 45 heavy (non-hydrogen) atoms. The molecule has 7 aromatic rings. The molecule has 0 spiro atoms. The molecule has 6 aromatic carbocycles. The van der Waals surface area contributed by atoms with E-state index in [1.54, 1.807) is 0 Å². The molecule has 0 aliphatic carbocycles. The van der Waals surface area contributed by atoms with Crippen molar-refractivity contribution in [3.05, 3.63) is 170 Å². The highest BCUT2D eigenvalue weighted by molar-refractivity contribution is 6.11. The summed E-state index contributed by atoms with van der Waals surface area (Å²) in [5.74, 6) is 0. The highest BCUT2D eigenvalue weighted by Gasteiger charge is 2.15. The first-order valence-corrected chi connectivity index (χ1v) is 15.5. The average Bonchev–Trinajstić information content (AvgIpc) is 3.45. The number of benzene rings is 6. The van der Waals surface area contributed by atoms with E-state index >= 15 is 0 Å². The van der Waals surface area contributed by atoms with Crippen LogP contribution in [0.15, 0.2) is 153 Å². The van der Waals surface area contributed by atoms with Gasteiger partial charge in [0.1, 0.15) is 0 Å². The van der Waals surface area contributed by atoms with Crippen molar-refractivity contribution in [2.75, 3.05) is 0 Å². The van der Waals surface area contributed by atoms with Crippen LogP contribution in [0.2, 0.25) is 0 Å². The van der Waals surface area contributed by atoms with Crippen molar-refractivity contribution in [3.8, 4) is 39.1 Å². The number of hydrogen-bond donors (Lipinski definition) is 0. The Kier molecular flexibility index (Phi) is 8.44. The Bertz CT molecular complexity index is 2010. The Morgan fingerprint density at radius 3 is 1.00 bits per heavy atom. The van der Waals surface area contributed by atoms with E-state index < -0.39 is 0 Å². The van der Waals surface area contributed by atoms with Gasteiger partial charge >= 0.3 is 0 Å². The van der Waals surface area contributed by atoms with E-state index in [9.17, 15) is 0 Å². The van der Waals surface area contributed by atoms with Gasteiger partial charge in [-0.3, -0.25) is 0 Å². The zero-order chi connectivity index (χ0) is 31.3. The molecule has 0 aliphatic heterocycles. The first-order valence-electron chi connectivity index (χ1n) is 15.5. The summed E-state index contributed by atoms with van der Waals surface area (Å²) < 4.78 is 2.38. The summed E-state index contributed by atoms with van der Waals surface area (Å²) >= 11 is 0. The largest absolute Gasteiger partial charge is 0.309 e. The van der Waals surface area contributed by atoms with E-state index in [1.807, 2.05) is 32.1 Å². The fraction of sp³-hybridized carbons (Fsp3) is 0.0455. The molecule has 0 fully saturated rings. The van der Waals surface area contributed by atoms with Crippen LogP contribution in [0.25, 0.3) is 79.1 Å². The highest BCUT2D eigenvalue weighted by Crippen LogP contribution is 2.37. The van der Waals surface area contributed by atoms with Gasteiger partial charge in [-0.15, -0.1) is 0 Å². The maximum Gasteiger partial charge on any atom is 0.0541 e. The number of nitrogens with zero attached hydrogens (tertiary/aromatic N) is 1. The third-order valence-electron chi connectivity index (χ3n) is 8.33. The van der Waals surface area contributed by atoms with Crippen LogP contribution in [0.3, 0.4) is 0 Å². The second-order valence-electron chi connectivity index (χ2n) is 10.8. The smallest absolute Gasteiger partial charge is 0.0541 e. The van der Waals surface area contributed by atoms with Crippen molar-refractivity contribution in [2.45, 2.75) is 13.8 Å². The van der Waals surface area contributed by atoms with Gasteiger partial charge in [-0.25, -0.2) is 0 Å². The first kappa shape index (κ1) is 29.4. The van der Waals surface area contributed by atoms with Gasteiger partial charge in [0.2, 0.25) is 0 Å². The summed E-state index contributed by atoms with van der Waals surface area (Å²) in [6.45, 7) is 15.7. The van der Waals surface area contributed by atoms with Gasteiger partial charge in [-0.1, -0.05) is 149 Å². The molecule has 0 N–H and O–H groups in total. The lowest BCUT2D eigenvalue weighted by atomic mass is 9.99. The second-order valence-corrected chi connectivity index (χ2v) is 10.8. The van der Waals surface area contributed by atoms with Crippen LogP contribution >= 0.6 is 0 Å². The van der Waals surface area contributed by atoms with Crippen LogP contribution in [0.5, 0.6) is 0 Å². The number of aromatic nitrogens is 1. The highest BCUT2D eigenvalue weighted by atomic mass is 15.0. The molecule has 0 saturated carbocycles. The minimum atomic E-state index is 1.12. The van der Waals surface area contributed by atoms with Crippen LogP contribution in [0, 0.1) is 0 Å². The third kappa shape index (κ3) is 5.69. The number of hydrogen-bond acceptors (Lipinski definition) is 0. The van der Waals surface area contributed by atoms with Crippen LogP contribution < -0.4 is 0 Å². The standard InChI is InChI=1S/C42H31N.C2H6/c1-4-29-7-13-32(14-8-29)33-19-23-38(24-20-33)43-41-25-21-36(34-15-9-30(5-2)10-16-34)27-39(41)40-28-37(22-26-42(40)43)35-17-11-31(6-3)12-18-35;1-2/h4-28H,1-3H2;1-2H3. The molecular formula is C44H37N. The predicted molar refractivity (Wildman–Crippen MR) is 199 cm³/mol. The van der Waals surface area contributed by atoms with Crippen LogP contribution in [-0.2, 0) is 0 Å². The van der Waals surface area contributed by atoms with Crippen molar-refractivity contribution in [1.82, 2.24) is 4.57 Å². The topological polar surface area (TPSA) is 4.93 Å². The van der Waals surface area contributed by atoms with Crippen molar-refractivity contribution < 1.29 is 0 Å². The van der Waals surface area contributed by atoms with E-state index in [-0.39, 0.29) is 0 Å². The number of fused-ring (bicyclic) bond motifs is 3. The Morgan fingerprint density at radius 2 is 0.667 bits per heavy atom. The molecule has 0 bridgehead atoms. The van der Waals surface area contributed by atoms with Crippen molar-refractivity contribution in [3.63, 3.8) is 0 Å². The summed E-state index contributed by atoms with van der Waals surface area (Å²) in [5.41, 5.74) is 14.0. The van der Waals surface area contributed by atoms with Gasteiger partial charge < -0.3 is 4.57 Å². The Labute approximate surface area is 266 Å². The molecular weight excluding hydrogens is 542 g/mol. The monoisotopic (exact) mass is 579 g/mol. The maximum absolute atomic E-state index is 3.90. The molecule has 1 nitrogen and oxygen atoms in total. The third-order valence-corrected chi connectivity index (χ3v) is 8.33.